The van der Waals surface area contributed by atoms with E-state index in [0.29, 0.717) is 12.8 Å². The summed E-state index contributed by atoms with van der Waals surface area (Å²) in [4.78, 5) is 19.0. The second-order valence-electron chi connectivity index (χ2n) is 10.3. The van der Waals surface area contributed by atoms with Crippen LogP contribution >= 0.6 is 0 Å². The Morgan fingerprint density at radius 1 is 1.24 bits per heavy atom. The molecular formula is C23H31N3O2Si. The average Bonchev–Trinajstić information content (AvgIpc) is 2.89. The Bertz CT molecular complexity index is 882. The van der Waals surface area contributed by atoms with Crippen LogP contribution in [0.15, 0.2) is 18.5 Å². The van der Waals surface area contributed by atoms with Crippen molar-refractivity contribution in [3.8, 4) is 17.5 Å². The van der Waals surface area contributed by atoms with Crippen LogP contribution < -0.4 is 0 Å². The molecule has 2 fully saturated rings. The molecule has 1 aromatic rings. The van der Waals surface area contributed by atoms with E-state index in [1.165, 1.54) is 0 Å². The first-order chi connectivity index (χ1) is 13.4. The zero-order valence-electron chi connectivity index (χ0n) is 18.4. The summed E-state index contributed by atoms with van der Waals surface area (Å²) >= 11 is 0. The van der Waals surface area contributed by atoms with Gasteiger partial charge in [0.1, 0.15) is 13.7 Å². The minimum atomic E-state index is -1.49. The second kappa shape index (κ2) is 7.50. The van der Waals surface area contributed by atoms with Crippen LogP contribution in [0.25, 0.3) is 0 Å². The summed E-state index contributed by atoms with van der Waals surface area (Å²) in [7, 11) is -1.49. The van der Waals surface area contributed by atoms with Crippen molar-refractivity contribution in [1.29, 1.82) is 5.26 Å². The van der Waals surface area contributed by atoms with Crippen LogP contribution in [0.4, 0.5) is 4.79 Å². The number of ether oxygens (including phenoxy) is 1. The molecule has 0 aromatic carbocycles. The number of nitriles is 1. The summed E-state index contributed by atoms with van der Waals surface area (Å²) < 4.78 is 5.63. The minimum absolute atomic E-state index is 0.0278. The van der Waals surface area contributed by atoms with Crippen LogP contribution in [0.1, 0.15) is 57.6 Å². The third kappa shape index (κ3) is 4.82. The number of carbonyl (C=O) groups excluding carboxylic acids is 1. The van der Waals surface area contributed by atoms with Crippen molar-refractivity contribution in [3.05, 3.63) is 29.6 Å². The molecule has 0 spiro atoms. The fraction of sp³-hybridized carbons (Fsp3) is 0.609. The van der Waals surface area contributed by atoms with Crippen molar-refractivity contribution in [2.75, 3.05) is 0 Å². The molecule has 5 nitrogen and oxygen atoms in total. The third-order valence-electron chi connectivity index (χ3n) is 5.48. The number of rotatable bonds is 1. The number of hydrogen-bond acceptors (Lipinski definition) is 4. The first-order valence-electron chi connectivity index (χ1n) is 10.3. The monoisotopic (exact) mass is 409 g/mol. The van der Waals surface area contributed by atoms with Crippen molar-refractivity contribution in [1.82, 2.24) is 9.88 Å². The van der Waals surface area contributed by atoms with Gasteiger partial charge in [0.2, 0.25) is 0 Å². The molecule has 29 heavy (non-hydrogen) atoms. The lowest BCUT2D eigenvalue weighted by Crippen LogP contribution is -2.52. The minimum Gasteiger partial charge on any atom is -0.444 e. The first-order valence-corrected chi connectivity index (χ1v) is 13.8. The Kier molecular flexibility index (Phi) is 5.53. The number of amides is 1. The van der Waals surface area contributed by atoms with E-state index in [0.717, 1.165) is 24.0 Å². The lowest BCUT2D eigenvalue weighted by molar-refractivity contribution is 0.00232. The van der Waals surface area contributed by atoms with Crippen molar-refractivity contribution in [2.45, 2.75) is 89.2 Å². The van der Waals surface area contributed by atoms with Gasteiger partial charge in [0, 0.05) is 30.0 Å². The van der Waals surface area contributed by atoms with Crippen molar-refractivity contribution in [3.63, 3.8) is 0 Å². The molecule has 1 amide bonds. The SMILES string of the molecule is CC(C)(C)OC(=O)N1[C@@H]2CC[C@H]1CC(C#N)(c1cncc(C#C[Si](C)(C)C)c1)C2. The van der Waals surface area contributed by atoms with Crippen molar-refractivity contribution >= 4 is 14.2 Å². The van der Waals surface area contributed by atoms with Crippen LogP contribution in [0, 0.1) is 22.8 Å². The lowest BCUT2D eigenvalue weighted by Gasteiger charge is -2.43. The van der Waals surface area contributed by atoms with E-state index in [4.69, 9.17) is 4.74 Å². The van der Waals surface area contributed by atoms with Gasteiger partial charge in [-0.25, -0.2) is 4.79 Å². The maximum absolute atomic E-state index is 12.7. The summed E-state index contributed by atoms with van der Waals surface area (Å²) in [5.74, 6) is 3.25. The van der Waals surface area contributed by atoms with E-state index in [2.05, 4.69) is 42.2 Å². The molecule has 3 heterocycles. The van der Waals surface area contributed by atoms with E-state index < -0.39 is 19.1 Å². The Balaban J connectivity index is 1.87. The summed E-state index contributed by atoms with van der Waals surface area (Å²) in [5, 5.41) is 10.2. The van der Waals surface area contributed by atoms with Gasteiger partial charge in [-0.15, -0.1) is 5.54 Å². The number of piperidine rings is 1. The Morgan fingerprint density at radius 2 is 1.86 bits per heavy atom. The molecule has 0 N–H and O–H groups in total. The van der Waals surface area contributed by atoms with Crippen molar-refractivity contribution in [2.24, 2.45) is 0 Å². The Morgan fingerprint density at radius 3 is 2.38 bits per heavy atom. The maximum atomic E-state index is 12.7. The first kappa shape index (κ1) is 21.4. The average molecular weight is 410 g/mol. The molecular weight excluding hydrogens is 378 g/mol. The largest absolute Gasteiger partial charge is 0.444 e. The van der Waals surface area contributed by atoms with Gasteiger partial charge in [-0.3, -0.25) is 4.98 Å². The van der Waals surface area contributed by atoms with Gasteiger partial charge in [0.05, 0.1) is 11.5 Å². The van der Waals surface area contributed by atoms with Gasteiger partial charge in [-0.2, -0.15) is 5.26 Å². The molecule has 154 valence electrons. The molecule has 1 unspecified atom stereocenters. The molecule has 0 aliphatic carbocycles. The second-order valence-corrected chi connectivity index (χ2v) is 15.1. The maximum Gasteiger partial charge on any atom is 0.410 e. The predicted molar refractivity (Wildman–Crippen MR) is 116 cm³/mol. The van der Waals surface area contributed by atoms with E-state index in [1.807, 2.05) is 31.7 Å². The number of hydrogen-bond donors (Lipinski definition) is 0. The highest BCUT2D eigenvalue weighted by Gasteiger charge is 2.52. The van der Waals surface area contributed by atoms with Crippen LogP contribution in [0.2, 0.25) is 19.6 Å². The van der Waals surface area contributed by atoms with Crippen LogP contribution in [0.5, 0.6) is 0 Å². The molecule has 3 rings (SSSR count). The molecule has 2 aliphatic rings. The Labute approximate surface area is 175 Å². The number of carbonyl (C=O) groups is 1. The number of pyridine rings is 1. The van der Waals surface area contributed by atoms with Crippen LogP contribution in [-0.2, 0) is 10.2 Å². The predicted octanol–water partition coefficient (Wildman–Crippen LogP) is 4.63. The van der Waals surface area contributed by atoms with E-state index in [-0.39, 0.29) is 18.2 Å². The summed E-state index contributed by atoms with van der Waals surface area (Å²) in [6.07, 6.45) is 6.37. The fourth-order valence-corrected chi connectivity index (χ4v) is 4.80. The zero-order valence-corrected chi connectivity index (χ0v) is 19.4. The highest BCUT2D eigenvalue weighted by molar-refractivity contribution is 6.83. The standard InChI is InChI=1S/C23H31N3O2Si/c1-22(2,3)28-21(27)26-19-7-8-20(26)13-23(12-19,16-24)18-11-17(14-25-15-18)9-10-29(4,5)6/h11,14-15,19-20H,7-8,12-13H2,1-6H3/t19-,20+,23?. The van der Waals surface area contributed by atoms with Crippen molar-refractivity contribution < 1.29 is 9.53 Å². The molecule has 6 heteroatoms. The molecule has 0 radical (unpaired) electrons. The van der Waals surface area contributed by atoms with E-state index in [9.17, 15) is 10.1 Å². The van der Waals surface area contributed by atoms with Gasteiger partial charge >= 0.3 is 6.09 Å². The van der Waals surface area contributed by atoms with Gasteiger partial charge in [-0.05, 0) is 58.1 Å². The molecule has 2 saturated heterocycles. The molecule has 2 aliphatic heterocycles. The van der Waals surface area contributed by atoms with Gasteiger partial charge in [0.15, 0.2) is 0 Å². The summed E-state index contributed by atoms with van der Waals surface area (Å²) in [6, 6.07) is 4.66. The van der Waals surface area contributed by atoms with Gasteiger partial charge < -0.3 is 9.64 Å². The molecule has 1 aromatic heterocycles. The quantitative estimate of drug-likeness (QED) is 0.501. The summed E-state index contributed by atoms with van der Waals surface area (Å²) in [5.41, 5.74) is 4.00. The van der Waals surface area contributed by atoms with Crippen LogP contribution in [-0.4, -0.2) is 41.7 Å². The highest BCUT2D eigenvalue weighted by Crippen LogP contribution is 2.47. The summed E-state index contributed by atoms with van der Waals surface area (Å²) in [6.45, 7) is 12.3. The number of nitrogens with zero attached hydrogens (tertiary/aromatic N) is 3. The number of fused-ring (bicyclic) bond motifs is 2. The van der Waals surface area contributed by atoms with E-state index in [1.54, 1.807) is 12.4 Å². The normalized spacial score (nSPS) is 26.3. The lowest BCUT2D eigenvalue weighted by atomic mass is 9.71. The molecule has 0 saturated carbocycles. The van der Waals surface area contributed by atoms with Crippen LogP contribution in [0.3, 0.4) is 0 Å². The smallest absolute Gasteiger partial charge is 0.410 e. The zero-order chi connectivity index (χ0) is 21.4. The van der Waals surface area contributed by atoms with Gasteiger partial charge in [0.25, 0.3) is 0 Å². The third-order valence-corrected chi connectivity index (χ3v) is 6.35. The van der Waals surface area contributed by atoms with E-state index >= 15 is 0 Å². The topological polar surface area (TPSA) is 66.2 Å². The van der Waals surface area contributed by atoms with Gasteiger partial charge in [-0.1, -0.05) is 25.6 Å². The molecule has 2 bridgehead atoms. The number of aromatic nitrogens is 1. The highest BCUT2D eigenvalue weighted by atomic mass is 28.3. The molecule has 3 atom stereocenters. The Hall–Kier alpha value is -2.31. The fourth-order valence-electron chi connectivity index (χ4n) is 4.28.